The highest BCUT2D eigenvalue weighted by Crippen LogP contribution is 2.34. The van der Waals surface area contributed by atoms with Gasteiger partial charge in [0.15, 0.2) is 16.9 Å². The molecule has 500 valence electrons. The third kappa shape index (κ3) is 16.8. The van der Waals surface area contributed by atoms with Crippen molar-refractivity contribution < 1.29 is 74.7 Å². The highest BCUT2D eigenvalue weighted by molar-refractivity contribution is 14.1. The normalized spacial score (nSPS) is 12.1. The number of rotatable bonds is 11. The minimum Gasteiger partial charge on any atom is -0.508 e. The first-order valence-electron chi connectivity index (χ1n) is 29.6. The van der Waals surface area contributed by atoms with Crippen LogP contribution in [0.4, 0.5) is 37.8 Å². The fraction of sp³-hybridized carbons (Fsp3) is 0.176. The van der Waals surface area contributed by atoms with Gasteiger partial charge in [-0.1, -0.05) is 24.3 Å². The molecule has 0 saturated carbocycles. The number of halogens is 7. The fourth-order valence-corrected chi connectivity index (χ4v) is 10.4. The first kappa shape index (κ1) is 70.0. The quantitative estimate of drug-likeness (QED) is 0.0470. The summed E-state index contributed by atoms with van der Waals surface area (Å²) in [5, 5.41) is 18.6. The molecule has 1 amide bonds. The molecule has 0 spiro atoms. The molecule has 0 bridgehead atoms. The number of aromatic nitrogens is 9. The highest BCUT2D eigenvalue weighted by Gasteiger charge is 2.32. The van der Waals surface area contributed by atoms with Crippen molar-refractivity contribution in [2.24, 2.45) is 0 Å². The maximum atomic E-state index is 13.3. The van der Waals surface area contributed by atoms with Gasteiger partial charge in [0.2, 0.25) is 0 Å². The number of hydrogen-bond acceptors (Lipinski definition) is 16. The zero-order valence-electron chi connectivity index (χ0n) is 51.7. The number of carboxylic acid groups (broad SMARTS) is 1. The van der Waals surface area contributed by atoms with Crippen LogP contribution >= 0.6 is 22.6 Å². The number of nitrogens with two attached hydrogens (primary N) is 1. The van der Waals surface area contributed by atoms with Crippen molar-refractivity contribution in [2.45, 2.75) is 33.1 Å². The van der Waals surface area contributed by atoms with Gasteiger partial charge in [-0.2, -0.15) is 26.3 Å². The number of carbonyl (C=O) groups excluding carboxylic acids is 4. The van der Waals surface area contributed by atoms with E-state index in [-0.39, 0.29) is 40.6 Å². The SMILES string of the molecule is CCOC(=O)c1cccn2c(I)cnc12.CCOC(=O)c1cccn2ccnc12.CCOC(=O)c1cccnc1N.O=C(O)c1cccn2c(-c3ccc(C(F)(F)F)cc3)cnc12.O=C(c1cccn2c(-c3ccc(C(F)(F)F)cc3)cnc12)N1CCN(c2ccc(O)cc2)CC1. The largest absolute Gasteiger partial charge is 0.508 e. The van der Waals surface area contributed by atoms with E-state index in [2.05, 4.69) is 52.4 Å². The Hall–Kier alpha value is -11.4. The average Bonchev–Trinajstić information content (AvgIpc) is 1.70. The molecule has 0 unspecified atom stereocenters. The van der Waals surface area contributed by atoms with E-state index in [0.29, 0.717) is 108 Å². The van der Waals surface area contributed by atoms with Crippen LogP contribution in [0.25, 0.3) is 45.1 Å². The van der Waals surface area contributed by atoms with Crippen molar-refractivity contribution in [3.05, 3.63) is 238 Å². The molecule has 1 saturated heterocycles. The molecule has 0 radical (unpaired) electrons. The zero-order chi connectivity index (χ0) is 69.6. The van der Waals surface area contributed by atoms with Crippen LogP contribution < -0.4 is 10.6 Å². The molecule has 9 aromatic heterocycles. The summed E-state index contributed by atoms with van der Waals surface area (Å²) >= 11 is 2.16. The molecule has 1 aliphatic heterocycles. The minimum absolute atomic E-state index is 0.0284. The molecule has 3 aromatic carbocycles. The van der Waals surface area contributed by atoms with Crippen LogP contribution in [0.15, 0.2) is 195 Å². The van der Waals surface area contributed by atoms with Crippen LogP contribution in [0.3, 0.4) is 0 Å². The number of pyridine rings is 5. The van der Waals surface area contributed by atoms with E-state index in [0.717, 1.165) is 33.7 Å². The van der Waals surface area contributed by atoms with Gasteiger partial charge in [-0.05, 0) is 153 Å². The molecule has 29 heteroatoms. The second-order valence-electron chi connectivity index (χ2n) is 20.6. The summed E-state index contributed by atoms with van der Waals surface area (Å²) < 4.78 is 98.9. The summed E-state index contributed by atoms with van der Waals surface area (Å²) in [6.45, 7) is 8.78. The Morgan fingerprint density at radius 1 is 0.495 bits per heavy atom. The van der Waals surface area contributed by atoms with Gasteiger partial charge >= 0.3 is 36.2 Å². The first-order chi connectivity index (χ1) is 46.5. The molecular formula is C68H59F6IN12O10. The summed E-state index contributed by atoms with van der Waals surface area (Å²) in [6.07, 6.45) is 7.96. The lowest BCUT2D eigenvalue weighted by atomic mass is 10.1. The Labute approximate surface area is 561 Å². The summed E-state index contributed by atoms with van der Waals surface area (Å²) in [6, 6.07) is 33.2. The standard InChI is InChI=1S/C25H21F3N4O2.C15H9F3N2O2.C10H9IN2O2.C10H10N2O2.C8H10N2O2/c26-25(27,28)18-5-3-17(4-6-18)22-16-29-23-21(2-1-11-32(22)23)24(34)31-14-12-30(13-15-31)19-7-9-20(33)10-8-19;16-15(17,18)10-5-3-9(4-6-10)12-8-19-13-11(14(21)22)2-1-7-20(12)13;1-2-15-10(14)7-4-3-5-13-8(11)6-12-9(7)13;1-2-14-10(13)8-4-3-6-12-7-5-11-9(8)12;1-2-12-8(11)6-4-3-5-10-7(6)9/h1-11,16,33H,12-15H2;1-8H,(H,21,22);3-6H,2H2,1H3;3-7H,2H2,1H3;3-5H,2H2,1H3,(H2,9,10). The summed E-state index contributed by atoms with van der Waals surface area (Å²) in [4.78, 5) is 83.0. The molecule has 13 rings (SSSR count). The number of phenolic OH excluding ortho intramolecular Hbond substituents is 1. The number of ether oxygens (including phenoxy) is 3. The third-order valence-corrected chi connectivity index (χ3v) is 15.4. The molecule has 22 nitrogen and oxygen atoms in total. The fourth-order valence-electron chi connectivity index (χ4n) is 9.91. The predicted molar refractivity (Wildman–Crippen MR) is 354 cm³/mol. The maximum Gasteiger partial charge on any atom is 0.416 e. The lowest BCUT2D eigenvalue weighted by Gasteiger charge is -2.36. The molecule has 97 heavy (non-hydrogen) atoms. The third-order valence-electron chi connectivity index (χ3n) is 14.6. The van der Waals surface area contributed by atoms with E-state index in [1.54, 1.807) is 132 Å². The predicted octanol–water partition coefficient (Wildman–Crippen LogP) is 12.9. The Morgan fingerprint density at radius 3 is 1.44 bits per heavy atom. The van der Waals surface area contributed by atoms with E-state index >= 15 is 0 Å². The Kier molecular flexibility index (Phi) is 22.5. The number of hydrogen-bond donors (Lipinski definition) is 3. The van der Waals surface area contributed by atoms with E-state index in [1.807, 2.05) is 35.0 Å². The van der Waals surface area contributed by atoms with Gasteiger partial charge in [0.25, 0.3) is 5.91 Å². The summed E-state index contributed by atoms with van der Waals surface area (Å²) in [5.41, 5.74) is 11.0. The average molecular weight is 1450 g/mol. The van der Waals surface area contributed by atoms with Gasteiger partial charge in [0.05, 0.1) is 66.5 Å². The lowest BCUT2D eigenvalue weighted by Crippen LogP contribution is -2.48. The number of phenols is 1. The molecule has 10 heterocycles. The summed E-state index contributed by atoms with van der Waals surface area (Å²) in [7, 11) is 0. The molecule has 0 atom stereocenters. The van der Waals surface area contributed by atoms with Crippen molar-refractivity contribution in [1.29, 1.82) is 0 Å². The van der Waals surface area contributed by atoms with E-state index < -0.39 is 35.4 Å². The van der Waals surface area contributed by atoms with E-state index in [9.17, 15) is 55.4 Å². The highest BCUT2D eigenvalue weighted by atomic mass is 127. The number of benzene rings is 3. The number of nitrogen functional groups attached to an aromatic ring is 1. The smallest absolute Gasteiger partial charge is 0.416 e. The van der Waals surface area contributed by atoms with Crippen molar-refractivity contribution in [3.63, 3.8) is 0 Å². The topological polar surface area (TPSA) is 268 Å². The molecule has 1 aliphatic rings. The monoisotopic (exact) mass is 1440 g/mol. The van der Waals surface area contributed by atoms with Gasteiger partial charge in [-0.15, -0.1) is 0 Å². The second kappa shape index (κ2) is 31.2. The van der Waals surface area contributed by atoms with Crippen LogP contribution in [0, 0.1) is 3.70 Å². The first-order valence-corrected chi connectivity index (χ1v) is 30.7. The van der Waals surface area contributed by atoms with Crippen molar-refractivity contribution in [1.82, 2.24) is 47.4 Å². The van der Waals surface area contributed by atoms with Crippen molar-refractivity contribution >= 4 is 86.5 Å². The number of alkyl halides is 6. The van der Waals surface area contributed by atoms with Crippen molar-refractivity contribution in [3.8, 4) is 28.3 Å². The van der Waals surface area contributed by atoms with Gasteiger partial charge in [-0.3, -0.25) is 18.0 Å². The molecule has 12 aromatic rings. The molecule has 1 fully saturated rings. The zero-order valence-corrected chi connectivity index (χ0v) is 53.9. The number of amides is 1. The van der Waals surface area contributed by atoms with Crippen LogP contribution in [0.2, 0.25) is 0 Å². The van der Waals surface area contributed by atoms with E-state index in [4.69, 9.17) is 25.1 Å². The van der Waals surface area contributed by atoms with Gasteiger partial charge < -0.3 is 44.4 Å². The van der Waals surface area contributed by atoms with Crippen LogP contribution in [0.5, 0.6) is 5.75 Å². The second-order valence-corrected chi connectivity index (χ2v) is 21.7. The van der Waals surface area contributed by atoms with Crippen LogP contribution in [-0.4, -0.2) is 133 Å². The number of anilines is 2. The van der Waals surface area contributed by atoms with Crippen LogP contribution in [-0.2, 0) is 26.6 Å². The number of aromatic hydroxyl groups is 1. The number of nitrogens with zero attached hydrogens (tertiary/aromatic N) is 11. The van der Waals surface area contributed by atoms with Gasteiger partial charge in [0, 0.05) is 86.4 Å². The van der Waals surface area contributed by atoms with Gasteiger partial charge in [-0.25, -0.2) is 44.1 Å². The number of imidazole rings is 4. The Morgan fingerprint density at radius 2 is 0.938 bits per heavy atom. The minimum atomic E-state index is -4.40. The Balaban J connectivity index is 0.000000151. The number of aromatic carboxylic acids is 1. The maximum absolute atomic E-state index is 13.3. The van der Waals surface area contributed by atoms with Crippen LogP contribution in [0.1, 0.15) is 83.7 Å². The van der Waals surface area contributed by atoms with E-state index in [1.165, 1.54) is 47.1 Å². The number of fused-ring (bicyclic) bond motifs is 4. The molecule has 4 N–H and O–H groups in total. The van der Waals surface area contributed by atoms with Crippen molar-refractivity contribution in [2.75, 3.05) is 56.6 Å². The number of esters is 3. The Bertz CT molecular complexity index is 4740. The summed E-state index contributed by atoms with van der Waals surface area (Å²) in [5.74, 6) is -1.93. The van der Waals surface area contributed by atoms with Gasteiger partial charge in [0.1, 0.15) is 43.2 Å². The number of carbonyl (C=O) groups is 5. The lowest BCUT2D eigenvalue weighted by molar-refractivity contribution is -0.138. The number of carboxylic acids is 1. The molecular weight excluding hydrogens is 1390 g/mol. The molecule has 0 aliphatic carbocycles. The number of piperazine rings is 1.